The molecule has 2 aromatic carbocycles. The van der Waals surface area contributed by atoms with Crippen molar-refractivity contribution in [2.24, 2.45) is 0 Å². The molecule has 0 aliphatic heterocycles. The fourth-order valence-electron chi connectivity index (χ4n) is 3.32. The zero-order valence-electron chi connectivity index (χ0n) is 15.0. The van der Waals surface area contributed by atoms with Gasteiger partial charge in [0.15, 0.2) is 0 Å². The number of nitrogens with one attached hydrogen (secondary N) is 1. The highest BCUT2D eigenvalue weighted by atomic mass is 79.9. The molecule has 0 bridgehead atoms. The van der Waals surface area contributed by atoms with Crippen LogP contribution in [0.4, 0.5) is 5.69 Å². The molecule has 1 aliphatic rings. The van der Waals surface area contributed by atoms with Crippen molar-refractivity contribution in [3.8, 4) is 0 Å². The Morgan fingerprint density at radius 1 is 1.04 bits per heavy atom. The average Bonchev–Trinajstić information content (AvgIpc) is 2.67. The first kappa shape index (κ1) is 19.9. The maximum absolute atomic E-state index is 13.2. The predicted molar refractivity (Wildman–Crippen MR) is 110 cm³/mol. The van der Waals surface area contributed by atoms with Gasteiger partial charge in [0.2, 0.25) is 5.91 Å². The highest BCUT2D eigenvalue weighted by molar-refractivity contribution is 9.10. The third kappa shape index (κ3) is 5.11. The van der Waals surface area contributed by atoms with Crippen molar-refractivity contribution < 1.29 is 13.2 Å². The number of benzene rings is 2. The third-order valence-electron chi connectivity index (χ3n) is 4.68. The fraction of sp³-hybridized carbons (Fsp3) is 0.350. The van der Waals surface area contributed by atoms with Crippen LogP contribution in [0.25, 0.3) is 0 Å². The maximum Gasteiger partial charge on any atom is 0.264 e. The number of carbonyl (C=O) groups excluding carboxylic acids is 1. The second kappa shape index (κ2) is 8.89. The quantitative estimate of drug-likeness (QED) is 0.720. The number of nitrogens with zero attached hydrogens (tertiary/aromatic N) is 1. The van der Waals surface area contributed by atoms with Gasteiger partial charge in [-0.3, -0.25) is 9.10 Å². The first-order chi connectivity index (χ1) is 13.0. The van der Waals surface area contributed by atoms with E-state index in [4.69, 9.17) is 0 Å². The maximum atomic E-state index is 13.2. The van der Waals surface area contributed by atoms with E-state index in [1.54, 1.807) is 48.5 Å². The Balaban J connectivity index is 1.87. The molecule has 0 saturated heterocycles. The Morgan fingerprint density at radius 2 is 1.74 bits per heavy atom. The van der Waals surface area contributed by atoms with Crippen LogP contribution < -0.4 is 9.62 Å². The Kier molecular flexibility index (Phi) is 6.55. The van der Waals surface area contributed by atoms with Crippen LogP contribution in [-0.2, 0) is 14.8 Å². The van der Waals surface area contributed by atoms with Gasteiger partial charge in [-0.05, 0) is 43.2 Å². The summed E-state index contributed by atoms with van der Waals surface area (Å²) in [5.74, 6) is -0.276. The second-order valence-electron chi connectivity index (χ2n) is 6.71. The minimum Gasteiger partial charge on any atom is -0.352 e. The topological polar surface area (TPSA) is 66.5 Å². The van der Waals surface area contributed by atoms with Crippen molar-refractivity contribution in [1.29, 1.82) is 0 Å². The van der Waals surface area contributed by atoms with Crippen LogP contribution in [0.15, 0.2) is 64.0 Å². The van der Waals surface area contributed by atoms with E-state index < -0.39 is 10.0 Å². The second-order valence-corrected chi connectivity index (χ2v) is 9.49. The van der Waals surface area contributed by atoms with Crippen LogP contribution in [0.1, 0.15) is 32.1 Å². The molecule has 0 heterocycles. The van der Waals surface area contributed by atoms with Crippen LogP contribution in [0.2, 0.25) is 0 Å². The molecule has 27 heavy (non-hydrogen) atoms. The van der Waals surface area contributed by atoms with Gasteiger partial charge in [0, 0.05) is 10.5 Å². The minimum atomic E-state index is -3.86. The summed E-state index contributed by atoms with van der Waals surface area (Å²) in [7, 11) is -3.86. The molecule has 1 aliphatic carbocycles. The summed E-state index contributed by atoms with van der Waals surface area (Å²) in [6.07, 6.45) is 5.30. The SMILES string of the molecule is O=C(CN(c1cccc(Br)c1)S(=O)(=O)c1ccccc1)NC1CCCCC1. The number of carbonyl (C=O) groups is 1. The number of hydrogen-bond acceptors (Lipinski definition) is 3. The monoisotopic (exact) mass is 450 g/mol. The molecule has 0 unspecified atom stereocenters. The molecule has 2 aromatic rings. The molecule has 0 atom stereocenters. The zero-order chi connectivity index (χ0) is 19.3. The van der Waals surface area contributed by atoms with E-state index in [-0.39, 0.29) is 23.4 Å². The Morgan fingerprint density at radius 3 is 2.41 bits per heavy atom. The number of anilines is 1. The lowest BCUT2D eigenvalue weighted by atomic mass is 9.95. The number of hydrogen-bond donors (Lipinski definition) is 1. The Bertz CT molecular complexity index is 881. The lowest BCUT2D eigenvalue weighted by Crippen LogP contribution is -2.44. The number of sulfonamides is 1. The van der Waals surface area contributed by atoms with Crippen LogP contribution in [0.3, 0.4) is 0 Å². The van der Waals surface area contributed by atoms with E-state index in [1.807, 2.05) is 6.07 Å². The molecule has 7 heteroatoms. The first-order valence-electron chi connectivity index (χ1n) is 9.09. The molecular weight excluding hydrogens is 428 g/mol. The minimum absolute atomic E-state index is 0.134. The van der Waals surface area contributed by atoms with Crippen LogP contribution >= 0.6 is 15.9 Å². The van der Waals surface area contributed by atoms with E-state index in [9.17, 15) is 13.2 Å². The summed E-state index contributed by atoms with van der Waals surface area (Å²) in [6.45, 7) is -0.246. The molecule has 1 N–H and O–H groups in total. The lowest BCUT2D eigenvalue weighted by Gasteiger charge is -2.27. The summed E-state index contributed by atoms with van der Waals surface area (Å²) in [5, 5.41) is 3.00. The Hall–Kier alpha value is -1.86. The highest BCUT2D eigenvalue weighted by Gasteiger charge is 2.28. The van der Waals surface area contributed by atoms with E-state index in [0.29, 0.717) is 5.69 Å². The van der Waals surface area contributed by atoms with Gasteiger partial charge in [0.05, 0.1) is 10.6 Å². The smallest absolute Gasteiger partial charge is 0.264 e. The van der Waals surface area contributed by atoms with E-state index in [1.165, 1.54) is 10.7 Å². The molecule has 1 saturated carbocycles. The van der Waals surface area contributed by atoms with Gasteiger partial charge >= 0.3 is 0 Å². The van der Waals surface area contributed by atoms with Crippen LogP contribution in [-0.4, -0.2) is 26.9 Å². The van der Waals surface area contributed by atoms with Crippen LogP contribution in [0, 0.1) is 0 Å². The fourth-order valence-corrected chi connectivity index (χ4v) is 5.14. The van der Waals surface area contributed by atoms with Gasteiger partial charge in [-0.2, -0.15) is 0 Å². The van der Waals surface area contributed by atoms with Gasteiger partial charge in [-0.25, -0.2) is 8.42 Å². The molecule has 0 aromatic heterocycles. The van der Waals surface area contributed by atoms with Gasteiger partial charge in [0.25, 0.3) is 10.0 Å². The summed E-state index contributed by atoms with van der Waals surface area (Å²) < 4.78 is 28.3. The third-order valence-corrected chi connectivity index (χ3v) is 6.97. The molecular formula is C20H23BrN2O3S. The molecule has 3 rings (SSSR count). The summed E-state index contributed by atoms with van der Waals surface area (Å²) >= 11 is 3.38. The zero-order valence-corrected chi connectivity index (χ0v) is 17.4. The molecule has 1 fully saturated rings. The standard InChI is InChI=1S/C20H23BrN2O3S/c21-16-8-7-11-18(14-16)23(27(25,26)19-12-5-2-6-13-19)15-20(24)22-17-9-3-1-4-10-17/h2,5-8,11-14,17H,1,3-4,9-10,15H2,(H,22,24). The lowest BCUT2D eigenvalue weighted by molar-refractivity contribution is -0.120. The molecule has 0 radical (unpaired) electrons. The van der Waals surface area contributed by atoms with Gasteiger partial charge in [-0.1, -0.05) is 59.5 Å². The van der Waals surface area contributed by atoms with E-state index >= 15 is 0 Å². The van der Waals surface area contributed by atoms with Crippen molar-refractivity contribution in [2.45, 2.75) is 43.0 Å². The average molecular weight is 451 g/mol. The van der Waals surface area contributed by atoms with Crippen molar-refractivity contribution in [2.75, 3.05) is 10.8 Å². The van der Waals surface area contributed by atoms with E-state index in [2.05, 4.69) is 21.2 Å². The largest absolute Gasteiger partial charge is 0.352 e. The van der Waals surface area contributed by atoms with E-state index in [0.717, 1.165) is 30.2 Å². The van der Waals surface area contributed by atoms with Gasteiger partial charge in [-0.15, -0.1) is 0 Å². The molecule has 144 valence electrons. The number of halogens is 1. The molecule has 5 nitrogen and oxygen atoms in total. The normalized spacial score (nSPS) is 15.3. The van der Waals surface area contributed by atoms with Crippen molar-refractivity contribution in [3.63, 3.8) is 0 Å². The summed E-state index contributed by atoms with van der Waals surface area (Å²) in [4.78, 5) is 12.8. The van der Waals surface area contributed by atoms with Crippen molar-refractivity contribution in [3.05, 3.63) is 59.1 Å². The van der Waals surface area contributed by atoms with Gasteiger partial charge in [0.1, 0.15) is 6.54 Å². The number of rotatable bonds is 6. The summed E-state index contributed by atoms with van der Waals surface area (Å²) in [5.41, 5.74) is 0.451. The predicted octanol–water partition coefficient (Wildman–Crippen LogP) is 4.09. The van der Waals surface area contributed by atoms with Gasteiger partial charge < -0.3 is 5.32 Å². The summed E-state index contributed by atoms with van der Waals surface area (Å²) in [6, 6.07) is 15.3. The van der Waals surface area contributed by atoms with Crippen molar-refractivity contribution >= 4 is 37.5 Å². The highest BCUT2D eigenvalue weighted by Crippen LogP contribution is 2.26. The Labute approximate surface area is 169 Å². The van der Waals surface area contributed by atoms with Crippen LogP contribution in [0.5, 0.6) is 0 Å². The first-order valence-corrected chi connectivity index (χ1v) is 11.3. The molecule has 1 amide bonds. The van der Waals surface area contributed by atoms with Crippen molar-refractivity contribution in [1.82, 2.24) is 5.32 Å². The molecule has 0 spiro atoms. The number of amides is 1.